The fourth-order valence-corrected chi connectivity index (χ4v) is 2.50. The molecule has 1 saturated heterocycles. The molecule has 0 aromatic heterocycles. The SMILES string of the molecule is COC(=O)c1cccc(N)c1NC(C)C(=O)N1CCCC1. The molecule has 0 spiro atoms. The van der Waals surface area contributed by atoms with Crippen molar-refractivity contribution in [1.29, 1.82) is 0 Å². The Hall–Kier alpha value is -2.24. The molecule has 1 aromatic rings. The average Bonchev–Trinajstić information content (AvgIpc) is 3.01. The number of benzene rings is 1. The zero-order valence-corrected chi connectivity index (χ0v) is 12.4. The van der Waals surface area contributed by atoms with Crippen LogP contribution in [0.15, 0.2) is 18.2 Å². The molecule has 1 aliphatic rings. The van der Waals surface area contributed by atoms with Gasteiger partial charge in [-0.05, 0) is 31.9 Å². The molecule has 1 fully saturated rings. The number of rotatable bonds is 4. The molecule has 1 atom stereocenters. The molecule has 1 aromatic carbocycles. The summed E-state index contributed by atoms with van der Waals surface area (Å²) in [6.07, 6.45) is 2.08. The van der Waals surface area contributed by atoms with E-state index in [1.54, 1.807) is 25.1 Å². The maximum Gasteiger partial charge on any atom is 0.340 e. The quantitative estimate of drug-likeness (QED) is 0.648. The van der Waals surface area contributed by atoms with Crippen molar-refractivity contribution in [2.45, 2.75) is 25.8 Å². The number of anilines is 2. The summed E-state index contributed by atoms with van der Waals surface area (Å²) in [5.41, 5.74) is 7.12. The van der Waals surface area contributed by atoms with E-state index in [2.05, 4.69) is 5.32 Å². The molecule has 114 valence electrons. The minimum atomic E-state index is -0.481. The highest BCUT2D eigenvalue weighted by atomic mass is 16.5. The normalized spacial score (nSPS) is 15.6. The van der Waals surface area contributed by atoms with Crippen LogP contribution in [0.5, 0.6) is 0 Å². The van der Waals surface area contributed by atoms with Gasteiger partial charge in [0.15, 0.2) is 0 Å². The summed E-state index contributed by atoms with van der Waals surface area (Å²) in [7, 11) is 1.31. The molecule has 1 amide bonds. The first-order valence-electron chi connectivity index (χ1n) is 7.06. The minimum absolute atomic E-state index is 0.0200. The van der Waals surface area contributed by atoms with Gasteiger partial charge in [-0.1, -0.05) is 6.07 Å². The number of likely N-dealkylation sites (tertiary alicyclic amines) is 1. The number of nitrogens with two attached hydrogens (primary N) is 1. The van der Waals surface area contributed by atoms with Crippen molar-refractivity contribution in [2.75, 3.05) is 31.2 Å². The number of hydrogen-bond acceptors (Lipinski definition) is 5. The predicted molar refractivity (Wildman–Crippen MR) is 81.1 cm³/mol. The fraction of sp³-hybridized carbons (Fsp3) is 0.467. The van der Waals surface area contributed by atoms with Crippen molar-refractivity contribution in [3.63, 3.8) is 0 Å². The van der Waals surface area contributed by atoms with E-state index >= 15 is 0 Å². The molecule has 0 saturated carbocycles. The average molecular weight is 291 g/mol. The summed E-state index contributed by atoms with van der Waals surface area (Å²) in [5.74, 6) is -0.461. The molecule has 2 rings (SSSR count). The molecular formula is C15H21N3O3. The molecule has 6 heteroatoms. The molecule has 0 bridgehead atoms. The zero-order chi connectivity index (χ0) is 15.4. The Balaban J connectivity index is 2.18. The van der Waals surface area contributed by atoms with Crippen LogP contribution < -0.4 is 11.1 Å². The summed E-state index contributed by atoms with van der Waals surface area (Å²) in [4.78, 5) is 25.9. The third-order valence-corrected chi connectivity index (χ3v) is 3.65. The topological polar surface area (TPSA) is 84.7 Å². The largest absolute Gasteiger partial charge is 0.465 e. The van der Waals surface area contributed by atoms with Gasteiger partial charge in [0, 0.05) is 13.1 Å². The van der Waals surface area contributed by atoms with Gasteiger partial charge in [0.2, 0.25) is 5.91 Å². The molecule has 1 unspecified atom stereocenters. The van der Waals surface area contributed by atoms with Crippen LogP contribution in [0.25, 0.3) is 0 Å². The lowest BCUT2D eigenvalue weighted by Gasteiger charge is -2.23. The van der Waals surface area contributed by atoms with Gasteiger partial charge in [-0.25, -0.2) is 4.79 Å². The molecule has 1 heterocycles. The number of methoxy groups -OCH3 is 1. The third-order valence-electron chi connectivity index (χ3n) is 3.65. The lowest BCUT2D eigenvalue weighted by molar-refractivity contribution is -0.130. The van der Waals surface area contributed by atoms with Crippen LogP contribution in [-0.2, 0) is 9.53 Å². The zero-order valence-electron chi connectivity index (χ0n) is 12.4. The van der Waals surface area contributed by atoms with E-state index < -0.39 is 12.0 Å². The van der Waals surface area contributed by atoms with Crippen molar-refractivity contribution in [3.05, 3.63) is 23.8 Å². The maximum atomic E-state index is 12.3. The highest BCUT2D eigenvalue weighted by Crippen LogP contribution is 2.25. The maximum absolute atomic E-state index is 12.3. The van der Waals surface area contributed by atoms with Crippen LogP contribution in [0.3, 0.4) is 0 Å². The van der Waals surface area contributed by atoms with E-state index in [4.69, 9.17) is 10.5 Å². The Morgan fingerprint density at radius 2 is 2.00 bits per heavy atom. The van der Waals surface area contributed by atoms with E-state index in [1.165, 1.54) is 7.11 Å². The van der Waals surface area contributed by atoms with E-state index in [-0.39, 0.29) is 5.91 Å². The second kappa shape index (κ2) is 6.47. The summed E-state index contributed by atoms with van der Waals surface area (Å²) in [5, 5.41) is 3.05. The second-order valence-corrected chi connectivity index (χ2v) is 5.16. The molecule has 6 nitrogen and oxygen atoms in total. The fourth-order valence-electron chi connectivity index (χ4n) is 2.50. The van der Waals surface area contributed by atoms with E-state index in [0.717, 1.165) is 25.9 Å². The third kappa shape index (κ3) is 3.26. The summed E-state index contributed by atoms with van der Waals surface area (Å²) in [6, 6.07) is 4.54. The lowest BCUT2D eigenvalue weighted by Crippen LogP contribution is -2.40. The Bertz CT molecular complexity index is 539. The Labute approximate surface area is 124 Å². The second-order valence-electron chi connectivity index (χ2n) is 5.16. The summed E-state index contributed by atoms with van der Waals surface area (Å²) in [6.45, 7) is 3.35. The van der Waals surface area contributed by atoms with Gasteiger partial charge in [-0.3, -0.25) is 4.79 Å². The monoisotopic (exact) mass is 291 g/mol. The number of carbonyl (C=O) groups is 2. The number of hydrogen-bond donors (Lipinski definition) is 2. The van der Waals surface area contributed by atoms with E-state index in [0.29, 0.717) is 16.9 Å². The number of carbonyl (C=O) groups excluding carboxylic acids is 2. The molecule has 21 heavy (non-hydrogen) atoms. The predicted octanol–water partition coefficient (Wildman–Crippen LogP) is 1.48. The van der Waals surface area contributed by atoms with Gasteiger partial charge < -0.3 is 20.7 Å². The van der Waals surface area contributed by atoms with Crippen molar-refractivity contribution in [3.8, 4) is 0 Å². The first-order chi connectivity index (χ1) is 10.0. The van der Waals surface area contributed by atoms with Crippen molar-refractivity contribution in [1.82, 2.24) is 4.90 Å². The molecule has 0 radical (unpaired) electrons. The molecule has 3 N–H and O–H groups in total. The van der Waals surface area contributed by atoms with Crippen LogP contribution in [0.1, 0.15) is 30.1 Å². The van der Waals surface area contributed by atoms with Gasteiger partial charge in [-0.2, -0.15) is 0 Å². The van der Waals surface area contributed by atoms with Gasteiger partial charge >= 0.3 is 5.97 Å². The van der Waals surface area contributed by atoms with Crippen molar-refractivity contribution in [2.24, 2.45) is 0 Å². The smallest absolute Gasteiger partial charge is 0.340 e. The highest BCUT2D eigenvalue weighted by Gasteiger charge is 2.25. The van der Waals surface area contributed by atoms with Crippen LogP contribution >= 0.6 is 0 Å². The molecule has 0 aliphatic carbocycles. The Morgan fingerprint density at radius 1 is 1.33 bits per heavy atom. The number of nitrogen functional groups attached to an aromatic ring is 1. The van der Waals surface area contributed by atoms with Gasteiger partial charge in [0.05, 0.1) is 24.0 Å². The van der Waals surface area contributed by atoms with Crippen LogP contribution in [0.4, 0.5) is 11.4 Å². The lowest BCUT2D eigenvalue weighted by atomic mass is 10.1. The van der Waals surface area contributed by atoms with Crippen molar-refractivity contribution < 1.29 is 14.3 Å². The van der Waals surface area contributed by atoms with Gasteiger partial charge in [0.1, 0.15) is 6.04 Å². The summed E-state index contributed by atoms with van der Waals surface area (Å²) < 4.78 is 4.74. The number of para-hydroxylation sites is 1. The molecule has 1 aliphatic heterocycles. The number of esters is 1. The van der Waals surface area contributed by atoms with Crippen LogP contribution in [0.2, 0.25) is 0 Å². The Kier molecular flexibility index (Phi) is 4.67. The first-order valence-corrected chi connectivity index (χ1v) is 7.06. The molecular weight excluding hydrogens is 270 g/mol. The number of amides is 1. The van der Waals surface area contributed by atoms with Gasteiger partial charge in [-0.15, -0.1) is 0 Å². The number of nitrogens with one attached hydrogen (secondary N) is 1. The first kappa shape index (κ1) is 15.2. The Morgan fingerprint density at radius 3 is 2.62 bits per heavy atom. The summed E-state index contributed by atoms with van der Waals surface area (Å²) >= 11 is 0. The number of nitrogens with zero attached hydrogens (tertiary/aromatic N) is 1. The van der Waals surface area contributed by atoms with Crippen LogP contribution in [0, 0.1) is 0 Å². The number of ether oxygens (including phenoxy) is 1. The van der Waals surface area contributed by atoms with Gasteiger partial charge in [0.25, 0.3) is 0 Å². The van der Waals surface area contributed by atoms with Crippen LogP contribution in [-0.4, -0.2) is 43.0 Å². The minimum Gasteiger partial charge on any atom is -0.465 e. The van der Waals surface area contributed by atoms with E-state index in [1.807, 2.05) is 4.90 Å². The van der Waals surface area contributed by atoms with E-state index in [9.17, 15) is 9.59 Å². The van der Waals surface area contributed by atoms with Crippen molar-refractivity contribution >= 4 is 23.3 Å². The highest BCUT2D eigenvalue weighted by molar-refractivity contribution is 6.00. The standard InChI is InChI=1S/C15H21N3O3/c1-10(14(19)18-8-3-4-9-18)17-13-11(15(20)21-2)6-5-7-12(13)16/h5-7,10,17H,3-4,8-9,16H2,1-2H3.